The van der Waals surface area contributed by atoms with Gasteiger partial charge < -0.3 is 14.9 Å². The Bertz CT molecular complexity index is 1500. The number of carbonyl (C=O) groups is 1. The molecule has 0 radical (unpaired) electrons. The number of benzene rings is 1. The van der Waals surface area contributed by atoms with Crippen molar-refractivity contribution in [1.29, 1.82) is 0 Å². The number of H-pyrrole nitrogens is 1. The van der Waals surface area contributed by atoms with Crippen molar-refractivity contribution in [1.82, 2.24) is 14.5 Å². The highest BCUT2D eigenvalue weighted by molar-refractivity contribution is 7.18. The van der Waals surface area contributed by atoms with Gasteiger partial charge in [-0.05, 0) is 31.2 Å². The van der Waals surface area contributed by atoms with Crippen molar-refractivity contribution in [2.75, 3.05) is 5.32 Å². The number of fused-ring (bicyclic) bond motifs is 1. The molecule has 11 heteroatoms. The lowest BCUT2D eigenvalue weighted by Gasteiger charge is -2.09. The van der Waals surface area contributed by atoms with E-state index in [1.165, 1.54) is 6.07 Å². The van der Waals surface area contributed by atoms with E-state index in [1.807, 2.05) is 25.1 Å². The average molecular weight is 491 g/mol. The zero-order valence-electron chi connectivity index (χ0n) is 16.9. The number of hydrogen-bond acceptors (Lipinski definition) is 4. The van der Waals surface area contributed by atoms with Gasteiger partial charge in [-0.3, -0.25) is 9.59 Å². The number of rotatable bonds is 4. The van der Waals surface area contributed by atoms with Crippen LogP contribution < -0.4 is 10.9 Å². The lowest BCUT2D eigenvalue weighted by atomic mass is 10.2. The summed E-state index contributed by atoms with van der Waals surface area (Å²) in [6.07, 6.45) is -1.90. The van der Waals surface area contributed by atoms with Gasteiger partial charge in [0.05, 0.1) is 33.7 Å². The molecule has 0 saturated heterocycles. The number of aryl methyl sites for hydroxylation is 1. The smallest absolute Gasteiger partial charge is 0.286 e. The summed E-state index contributed by atoms with van der Waals surface area (Å²) < 4.78 is 39.8. The zero-order chi connectivity index (χ0) is 23.7. The molecule has 4 rings (SSSR count). The van der Waals surface area contributed by atoms with Gasteiger partial charge in [0.1, 0.15) is 10.2 Å². The molecule has 0 aliphatic carbocycles. The van der Waals surface area contributed by atoms with E-state index < -0.39 is 30.3 Å². The van der Waals surface area contributed by atoms with Crippen LogP contribution in [0.15, 0.2) is 41.3 Å². The maximum atomic E-state index is 13.8. The van der Waals surface area contributed by atoms with E-state index in [-0.39, 0.29) is 14.9 Å². The number of aromatic amines is 1. The van der Waals surface area contributed by atoms with Crippen molar-refractivity contribution in [3.8, 4) is 11.8 Å². The lowest BCUT2D eigenvalue weighted by Crippen LogP contribution is -2.26. The lowest BCUT2D eigenvalue weighted by molar-refractivity contribution is 0.103. The number of nitrogens with zero attached hydrogens (tertiary/aromatic N) is 2. The van der Waals surface area contributed by atoms with Gasteiger partial charge in [0.25, 0.3) is 17.9 Å². The summed E-state index contributed by atoms with van der Waals surface area (Å²) in [4.78, 5) is 31.8. The van der Waals surface area contributed by atoms with Gasteiger partial charge in [0.15, 0.2) is 5.82 Å². The molecule has 4 aromatic rings. The SMILES string of the molecule is Cc1nc2ccc(C#Cc3cc(C(=O)Nc4cc(F)c(=O)n(CC(F)F)c4)sc3Cl)cc2[nH]1. The van der Waals surface area contributed by atoms with Crippen molar-refractivity contribution >= 4 is 45.6 Å². The van der Waals surface area contributed by atoms with Crippen LogP contribution in [0.2, 0.25) is 4.34 Å². The van der Waals surface area contributed by atoms with Crippen molar-refractivity contribution < 1.29 is 18.0 Å². The Kier molecular flexibility index (Phi) is 6.26. The van der Waals surface area contributed by atoms with Crippen LogP contribution in [0.4, 0.5) is 18.9 Å². The summed E-state index contributed by atoms with van der Waals surface area (Å²) in [5, 5.41) is 2.39. The van der Waals surface area contributed by atoms with Crippen molar-refractivity contribution in [3.05, 3.63) is 78.9 Å². The van der Waals surface area contributed by atoms with E-state index in [9.17, 15) is 22.8 Å². The third kappa shape index (κ3) is 5.10. The number of nitrogens with one attached hydrogen (secondary N) is 2. The minimum absolute atomic E-state index is 0.141. The molecule has 6 nitrogen and oxygen atoms in total. The van der Waals surface area contributed by atoms with Crippen LogP contribution in [0.25, 0.3) is 11.0 Å². The molecule has 0 atom stereocenters. The van der Waals surface area contributed by atoms with Crippen LogP contribution in [0.1, 0.15) is 26.6 Å². The van der Waals surface area contributed by atoms with E-state index in [4.69, 9.17) is 11.6 Å². The highest BCUT2D eigenvalue weighted by Gasteiger charge is 2.16. The molecule has 3 heterocycles. The van der Waals surface area contributed by atoms with Gasteiger partial charge in [-0.2, -0.15) is 0 Å². The molecular formula is C22H14ClF3N4O2S. The first-order valence-corrected chi connectivity index (χ1v) is 10.7. The van der Waals surface area contributed by atoms with E-state index in [1.54, 1.807) is 0 Å². The number of imidazole rings is 1. The van der Waals surface area contributed by atoms with Gasteiger partial charge in [-0.25, -0.2) is 18.2 Å². The number of hydrogen-bond donors (Lipinski definition) is 2. The number of pyridine rings is 1. The summed E-state index contributed by atoms with van der Waals surface area (Å²) in [6, 6.07) is 7.74. The van der Waals surface area contributed by atoms with Crippen LogP contribution >= 0.6 is 22.9 Å². The fraction of sp³-hybridized carbons (Fsp3) is 0.136. The second-order valence-corrected chi connectivity index (χ2v) is 8.64. The number of thiophene rings is 1. The monoisotopic (exact) mass is 490 g/mol. The van der Waals surface area contributed by atoms with E-state index in [0.29, 0.717) is 10.1 Å². The van der Waals surface area contributed by atoms with E-state index in [0.717, 1.165) is 46.0 Å². The van der Waals surface area contributed by atoms with Gasteiger partial charge in [0, 0.05) is 17.8 Å². The van der Waals surface area contributed by atoms with Crippen LogP contribution in [-0.2, 0) is 6.54 Å². The molecule has 3 aromatic heterocycles. The minimum atomic E-state index is -2.86. The average Bonchev–Trinajstić information content (AvgIpc) is 3.30. The number of alkyl halides is 2. The first-order chi connectivity index (χ1) is 15.7. The number of carbonyl (C=O) groups excluding carboxylic acids is 1. The molecule has 1 aromatic carbocycles. The highest BCUT2D eigenvalue weighted by atomic mass is 35.5. The largest absolute Gasteiger partial charge is 0.342 e. The Morgan fingerprint density at radius 1 is 1.30 bits per heavy atom. The Labute approximate surface area is 194 Å². The van der Waals surface area contributed by atoms with E-state index >= 15 is 0 Å². The predicted octanol–water partition coefficient (Wildman–Crippen LogP) is 4.80. The molecule has 0 aliphatic rings. The summed E-state index contributed by atoms with van der Waals surface area (Å²) in [7, 11) is 0. The molecule has 0 saturated carbocycles. The number of anilines is 1. The summed E-state index contributed by atoms with van der Waals surface area (Å²) in [5.74, 6) is 4.78. The third-order valence-corrected chi connectivity index (χ3v) is 5.84. The second-order valence-electron chi connectivity index (χ2n) is 6.98. The van der Waals surface area contributed by atoms with Crippen molar-refractivity contribution in [2.45, 2.75) is 19.9 Å². The standard InChI is InChI=1S/C22H14ClF3N4O2S/c1-11-27-16-5-3-12(6-17(16)28-11)2-4-13-7-18(33-20(13)23)21(31)29-14-8-15(24)22(32)30(9-14)10-19(25)26/h3,5-9,19H,10H2,1H3,(H,27,28)(H,29,31). The molecule has 0 bridgehead atoms. The Morgan fingerprint density at radius 2 is 2.09 bits per heavy atom. The molecule has 168 valence electrons. The van der Waals surface area contributed by atoms with Crippen molar-refractivity contribution in [3.63, 3.8) is 0 Å². The normalized spacial score (nSPS) is 11.0. The van der Waals surface area contributed by atoms with E-state index in [2.05, 4.69) is 27.1 Å². The molecule has 33 heavy (non-hydrogen) atoms. The third-order valence-electron chi connectivity index (χ3n) is 4.49. The molecule has 0 aliphatic heterocycles. The molecule has 0 fully saturated rings. The predicted molar refractivity (Wildman–Crippen MR) is 121 cm³/mol. The summed E-state index contributed by atoms with van der Waals surface area (Å²) >= 11 is 7.17. The molecular weight excluding hydrogens is 477 g/mol. The summed E-state index contributed by atoms with van der Waals surface area (Å²) in [5.41, 5.74) is 1.46. The quantitative estimate of drug-likeness (QED) is 0.403. The van der Waals surface area contributed by atoms with Crippen LogP contribution in [0.5, 0.6) is 0 Å². The molecule has 1 amide bonds. The second kappa shape index (κ2) is 9.13. The number of aromatic nitrogens is 3. The maximum absolute atomic E-state index is 13.8. The molecule has 0 spiro atoms. The van der Waals surface area contributed by atoms with Crippen LogP contribution in [0, 0.1) is 24.6 Å². The Balaban J connectivity index is 1.55. The van der Waals surface area contributed by atoms with Gasteiger partial charge in [-0.15, -0.1) is 11.3 Å². The van der Waals surface area contributed by atoms with Crippen LogP contribution in [0.3, 0.4) is 0 Å². The first-order valence-electron chi connectivity index (χ1n) is 9.47. The maximum Gasteiger partial charge on any atom is 0.286 e. The summed E-state index contributed by atoms with van der Waals surface area (Å²) in [6.45, 7) is 0.860. The zero-order valence-corrected chi connectivity index (χ0v) is 18.5. The highest BCUT2D eigenvalue weighted by Crippen LogP contribution is 2.28. The fourth-order valence-electron chi connectivity index (χ4n) is 3.06. The topological polar surface area (TPSA) is 79.8 Å². The van der Waals surface area contributed by atoms with Crippen LogP contribution in [-0.4, -0.2) is 26.9 Å². The Morgan fingerprint density at radius 3 is 2.85 bits per heavy atom. The number of halogens is 4. The minimum Gasteiger partial charge on any atom is -0.342 e. The fourth-order valence-corrected chi connectivity index (χ4v) is 4.15. The molecule has 2 N–H and O–H groups in total. The van der Waals surface area contributed by atoms with Crippen molar-refractivity contribution in [2.24, 2.45) is 0 Å². The first kappa shape index (κ1) is 22.6. The van der Waals surface area contributed by atoms with Gasteiger partial charge in [-0.1, -0.05) is 23.4 Å². The molecule has 0 unspecified atom stereocenters. The van der Waals surface area contributed by atoms with Gasteiger partial charge >= 0.3 is 0 Å². The Hall–Kier alpha value is -3.55. The van der Waals surface area contributed by atoms with Gasteiger partial charge in [0.2, 0.25) is 0 Å². The number of amides is 1.